The third-order valence-corrected chi connectivity index (χ3v) is 6.76. The lowest BCUT2D eigenvalue weighted by molar-refractivity contribution is -0.108. The first-order valence-corrected chi connectivity index (χ1v) is 13.3. The van der Waals surface area contributed by atoms with E-state index in [1.807, 2.05) is 91.0 Å². The van der Waals surface area contributed by atoms with Crippen LogP contribution < -0.4 is 11.1 Å². The molecule has 1 aliphatic heterocycles. The summed E-state index contributed by atoms with van der Waals surface area (Å²) in [4.78, 5) is 23.2. The molecule has 0 bridgehead atoms. The maximum Gasteiger partial charge on any atom is 0.263 e. The van der Waals surface area contributed by atoms with E-state index in [4.69, 9.17) is 24.7 Å². The second kappa shape index (κ2) is 13.8. The first kappa shape index (κ1) is 28.2. The monoisotopic (exact) mass is 556 g/mol. The largest absolute Gasteiger partial charge is 0.383 e. The molecule has 1 aliphatic rings. The summed E-state index contributed by atoms with van der Waals surface area (Å²) < 4.78 is 26.8. The maximum atomic E-state index is 12.4. The normalized spacial score (nSPS) is 20.1. The molecule has 4 atom stereocenters. The molecule has 1 unspecified atom stereocenters. The van der Waals surface area contributed by atoms with Crippen LogP contribution in [0.2, 0.25) is 0 Å². The van der Waals surface area contributed by atoms with E-state index in [0.29, 0.717) is 19.6 Å². The van der Waals surface area contributed by atoms with Crippen LogP contribution in [0.25, 0.3) is 0 Å². The van der Waals surface area contributed by atoms with Gasteiger partial charge in [0.15, 0.2) is 6.23 Å². The number of nitrogens with one attached hydrogen (secondary N) is 1. The highest BCUT2D eigenvalue weighted by Crippen LogP contribution is 2.36. The van der Waals surface area contributed by atoms with E-state index in [1.165, 1.54) is 10.9 Å². The number of nitrogen functional groups attached to an aromatic ring is 1. The molecular weight excluding hydrogens is 524 g/mol. The summed E-state index contributed by atoms with van der Waals surface area (Å²) in [5, 5.41) is 6.43. The van der Waals surface area contributed by atoms with Crippen molar-refractivity contribution in [3.8, 4) is 0 Å². The molecule has 0 saturated carbocycles. The Morgan fingerprint density at radius 1 is 0.854 bits per heavy atom. The average Bonchev–Trinajstić information content (AvgIpc) is 3.56. The summed E-state index contributed by atoms with van der Waals surface area (Å²) in [5.41, 5.74) is 9.37. The van der Waals surface area contributed by atoms with Crippen LogP contribution in [0, 0.1) is 0 Å². The van der Waals surface area contributed by atoms with Crippen LogP contribution in [-0.2, 0) is 43.6 Å². The van der Waals surface area contributed by atoms with Crippen LogP contribution in [-0.4, -0.2) is 47.0 Å². The summed E-state index contributed by atoms with van der Waals surface area (Å²) in [7, 11) is 0. The zero-order valence-corrected chi connectivity index (χ0v) is 22.4. The first-order valence-electron chi connectivity index (χ1n) is 13.3. The molecule has 2 amide bonds. The third kappa shape index (κ3) is 7.05. The van der Waals surface area contributed by atoms with Crippen molar-refractivity contribution in [2.45, 2.75) is 44.4 Å². The quantitative estimate of drug-likeness (QED) is 0.239. The molecule has 5 rings (SSSR count). The van der Waals surface area contributed by atoms with Gasteiger partial charge in [-0.15, -0.1) is 0 Å². The van der Waals surface area contributed by atoms with Gasteiger partial charge in [0, 0.05) is 0 Å². The highest BCUT2D eigenvalue weighted by molar-refractivity contribution is 6.02. The molecule has 10 heteroatoms. The van der Waals surface area contributed by atoms with Gasteiger partial charge < -0.3 is 24.7 Å². The molecule has 1 saturated heterocycles. The lowest BCUT2D eigenvalue weighted by Gasteiger charge is -2.25. The van der Waals surface area contributed by atoms with Crippen LogP contribution in [0.3, 0.4) is 0 Å². The van der Waals surface area contributed by atoms with Gasteiger partial charge in [-0.3, -0.25) is 14.9 Å². The van der Waals surface area contributed by atoms with Gasteiger partial charge in [-0.25, -0.2) is 4.68 Å². The zero-order chi connectivity index (χ0) is 28.4. The zero-order valence-electron chi connectivity index (χ0n) is 22.4. The summed E-state index contributed by atoms with van der Waals surface area (Å²) in [6.45, 7) is 1.22. The number of imide groups is 1. The molecule has 3 aromatic carbocycles. The van der Waals surface area contributed by atoms with Crippen molar-refractivity contribution in [3.63, 3.8) is 0 Å². The van der Waals surface area contributed by atoms with Gasteiger partial charge in [0.25, 0.3) is 5.91 Å². The Balaban J connectivity index is 1.42. The Bertz CT molecular complexity index is 1400. The van der Waals surface area contributed by atoms with Crippen LogP contribution in [0.5, 0.6) is 0 Å². The summed E-state index contributed by atoms with van der Waals surface area (Å²) >= 11 is 0. The van der Waals surface area contributed by atoms with Gasteiger partial charge >= 0.3 is 0 Å². The van der Waals surface area contributed by atoms with E-state index >= 15 is 0 Å². The molecule has 2 heterocycles. The molecule has 212 valence electrons. The number of benzene rings is 3. The second-order valence-electron chi connectivity index (χ2n) is 9.57. The molecule has 3 N–H and O–H groups in total. The second-order valence-corrected chi connectivity index (χ2v) is 9.57. The van der Waals surface area contributed by atoms with Crippen molar-refractivity contribution < 1.29 is 28.5 Å². The van der Waals surface area contributed by atoms with Gasteiger partial charge in [-0.05, 0) is 16.7 Å². The van der Waals surface area contributed by atoms with Gasteiger partial charge in [0.2, 0.25) is 6.41 Å². The van der Waals surface area contributed by atoms with Crippen LogP contribution >= 0.6 is 0 Å². The minimum atomic E-state index is -0.831. The topological polar surface area (TPSA) is 127 Å². The number of hydrogen-bond acceptors (Lipinski definition) is 8. The SMILES string of the molecule is Nc1c(C(=O)NC=O)cnn1C1O[C@H](COCc2ccccc2)[C@@H](OCc2ccccc2)[C@H]1OCc1ccccc1. The van der Waals surface area contributed by atoms with Gasteiger partial charge in [-0.1, -0.05) is 91.0 Å². The molecule has 1 fully saturated rings. The third-order valence-electron chi connectivity index (χ3n) is 6.76. The van der Waals surface area contributed by atoms with Crippen molar-refractivity contribution in [2.24, 2.45) is 0 Å². The predicted molar refractivity (Wildman–Crippen MR) is 150 cm³/mol. The van der Waals surface area contributed by atoms with Crippen molar-refractivity contribution in [3.05, 3.63) is 119 Å². The molecule has 41 heavy (non-hydrogen) atoms. The lowest BCUT2D eigenvalue weighted by Crippen LogP contribution is -2.38. The number of carbonyl (C=O) groups is 2. The Labute approximate surface area is 238 Å². The highest BCUT2D eigenvalue weighted by atomic mass is 16.6. The number of anilines is 1. The van der Waals surface area contributed by atoms with Crippen LogP contribution in [0.15, 0.2) is 97.2 Å². The maximum absolute atomic E-state index is 12.4. The lowest BCUT2D eigenvalue weighted by atomic mass is 10.1. The van der Waals surface area contributed by atoms with Crippen molar-refractivity contribution in [1.82, 2.24) is 15.1 Å². The fraction of sp³-hybridized carbons (Fsp3) is 0.258. The Hall–Kier alpha value is -4.35. The standard InChI is InChI=1S/C31H32N4O6/c32-29-25(30(37)33-21-36)16-34-35(29)31-28(40-19-24-14-8-3-9-15-24)27(39-18-23-12-6-2-7-13-23)26(41-31)20-38-17-22-10-4-1-5-11-22/h1-16,21,26-28,31H,17-20,32H2,(H,33,36,37)/t26-,27-,28-,31?/m1/s1. The fourth-order valence-corrected chi connectivity index (χ4v) is 4.70. The summed E-state index contributed by atoms with van der Waals surface area (Å²) in [6, 6.07) is 29.4. The van der Waals surface area contributed by atoms with E-state index in [2.05, 4.69) is 10.4 Å². The molecule has 0 spiro atoms. The minimum Gasteiger partial charge on any atom is -0.383 e. The molecular formula is C31H32N4O6. The highest BCUT2D eigenvalue weighted by Gasteiger charge is 2.48. The average molecular weight is 557 g/mol. The molecule has 1 aromatic heterocycles. The van der Waals surface area contributed by atoms with Gasteiger partial charge in [0.1, 0.15) is 29.7 Å². The number of aromatic nitrogens is 2. The number of ether oxygens (including phenoxy) is 4. The number of nitrogens with zero attached hydrogens (tertiary/aromatic N) is 2. The fourth-order valence-electron chi connectivity index (χ4n) is 4.70. The number of hydrogen-bond donors (Lipinski definition) is 2. The van der Waals surface area contributed by atoms with E-state index in [9.17, 15) is 9.59 Å². The van der Waals surface area contributed by atoms with Crippen LogP contribution in [0.4, 0.5) is 5.82 Å². The number of rotatable bonds is 13. The van der Waals surface area contributed by atoms with E-state index in [0.717, 1.165) is 16.7 Å². The number of amides is 2. The summed E-state index contributed by atoms with van der Waals surface area (Å²) in [6.07, 6.45) is -0.995. The number of carbonyl (C=O) groups excluding carboxylic acids is 2. The van der Waals surface area contributed by atoms with E-state index in [-0.39, 0.29) is 24.6 Å². The van der Waals surface area contributed by atoms with Gasteiger partial charge in [-0.2, -0.15) is 5.10 Å². The Morgan fingerprint density at radius 3 is 1.95 bits per heavy atom. The summed E-state index contributed by atoms with van der Waals surface area (Å²) in [5.74, 6) is -0.626. The molecule has 4 aromatic rings. The van der Waals surface area contributed by atoms with E-state index < -0.39 is 30.4 Å². The predicted octanol–water partition coefficient (Wildman–Crippen LogP) is 3.64. The van der Waals surface area contributed by atoms with Gasteiger partial charge in [0.05, 0.1) is 32.6 Å². The Morgan fingerprint density at radius 2 is 1.39 bits per heavy atom. The smallest absolute Gasteiger partial charge is 0.263 e. The Kier molecular flexibility index (Phi) is 9.50. The first-order chi connectivity index (χ1) is 20.1. The minimum absolute atomic E-state index is 0.0373. The molecule has 0 radical (unpaired) electrons. The van der Waals surface area contributed by atoms with E-state index in [1.54, 1.807) is 0 Å². The van der Waals surface area contributed by atoms with Crippen LogP contribution in [0.1, 0.15) is 33.3 Å². The molecule has 0 aliphatic carbocycles. The van der Waals surface area contributed by atoms with Crippen molar-refractivity contribution >= 4 is 18.1 Å². The molecule has 10 nitrogen and oxygen atoms in total. The number of nitrogens with two attached hydrogens (primary N) is 1. The van der Waals surface area contributed by atoms with Crippen molar-refractivity contribution in [1.29, 1.82) is 0 Å². The van der Waals surface area contributed by atoms with Crippen molar-refractivity contribution in [2.75, 3.05) is 12.3 Å².